The third kappa shape index (κ3) is 2.51. The number of carboxylic acids is 1. The molecule has 130 valence electrons. The summed E-state index contributed by atoms with van der Waals surface area (Å²) in [5, 5.41) is 16.5. The highest BCUT2D eigenvalue weighted by molar-refractivity contribution is 6.00. The van der Waals surface area contributed by atoms with E-state index >= 15 is 0 Å². The van der Waals surface area contributed by atoms with Crippen LogP contribution < -0.4 is 5.32 Å². The van der Waals surface area contributed by atoms with Gasteiger partial charge in [-0.15, -0.1) is 0 Å². The summed E-state index contributed by atoms with van der Waals surface area (Å²) < 4.78 is 7.34. The van der Waals surface area contributed by atoms with Crippen molar-refractivity contribution in [2.75, 3.05) is 11.9 Å². The Hall–Kier alpha value is -2.67. The first kappa shape index (κ1) is 15.8. The zero-order valence-electron chi connectivity index (χ0n) is 13.9. The molecule has 1 saturated carbocycles. The Kier molecular flexibility index (Phi) is 3.43. The number of anilines is 1. The Morgan fingerprint density at radius 1 is 1.32 bits per heavy atom. The number of amides is 1. The highest BCUT2D eigenvalue weighted by atomic mass is 16.5. The smallest absolute Gasteiger partial charge is 0.312 e. The summed E-state index contributed by atoms with van der Waals surface area (Å²) in [5.41, 5.74) is 0.141. The minimum atomic E-state index is -1.02. The van der Waals surface area contributed by atoms with E-state index in [-0.39, 0.29) is 25.4 Å². The van der Waals surface area contributed by atoms with Gasteiger partial charge in [0.1, 0.15) is 5.60 Å². The Morgan fingerprint density at radius 2 is 2.04 bits per heavy atom. The second-order valence-corrected chi connectivity index (χ2v) is 6.99. The Bertz CT molecular complexity index is 837. The molecule has 0 atom stereocenters. The minimum Gasteiger partial charge on any atom is -0.481 e. The summed E-state index contributed by atoms with van der Waals surface area (Å²) in [5.74, 6) is -0.751. The largest absolute Gasteiger partial charge is 0.481 e. The van der Waals surface area contributed by atoms with Crippen molar-refractivity contribution in [2.45, 2.75) is 31.9 Å². The molecule has 25 heavy (non-hydrogen) atoms. The summed E-state index contributed by atoms with van der Waals surface area (Å²) in [6.45, 7) is 2.64. The van der Waals surface area contributed by atoms with Crippen LogP contribution in [-0.2, 0) is 20.9 Å². The van der Waals surface area contributed by atoms with E-state index in [0.29, 0.717) is 12.4 Å². The van der Waals surface area contributed by atoms with Gasteiger partial charge in [0.2, 0.25) is 0 Å². The van der Waals surface area contributed by atoms with Crippen molar-refractivity contribution in [1.82, 2.24) is 9.78 Å². The average Bonchev–Trinajstić information content (AvgIpc) is 3.21. The Labute approximate surface area is 144 Å². The molecule has 2 saturated heterocycles. The quantitative estimate of drug-likeness (QED) is 0.865. The zero-order chi connectivity index (χ0) is 17.7. The van der Waals surface area contributed by atoms with Gasteiger partial charge in [-0.2, -0.15) is 5.10 Å². The minimum absolute atomic E-state index is 0.0945. The average molecular weight is 341 g/mol. The second-order valence-electron chi connectivity index (χ2n) is 6.99. The number of carbonyl (C=O) groups is 2. The first-order valence-electron chi connectivity index (χ1n) is 8.20. The van der Waals surface area contributed by atoms with Crippen LogP contribution in [0.4, 0.5) is 5.82 Å². The van der Waals surface area contributed by atoms with Gasteiger partial charge in [0.05, 0.1) is 18.6 Å². The van der Waals surface area contributed by atoms with Gasteiger partial charge in [-0.3, -0.25) is 14.3 Å². The summed E-state index contributed by atoms with van der Waals surface area (Å²) >= 11 is 0. The number of ether oxygens (including phenoxy) is 1. The molecule has 0 spiro atoms. The molecule has 7 nitrogen and oxygen atoms in total. The molecule has 2 aromatic rings. The van der Waals surface area contributed by atoms with Crippen LogP contribution in [0.15, 0.2) is 36.4 Å². The van der Waals surface area contributed by atoms with Gasteiger partial charge in [-0.1, -0.05) is 30.3 Å². The lowest BCUT2D eigenvalue weighted by Gasteiger charge is -2.39. The molecule has 2 N–H and O–H groups in total. The predicted molar refractivity (Wildman–Crippen MR) is 89.1 cm³/mol. The van der Waals surface area contributed by atoms with Crippen LogP contribution >= 0.6 is 0 Å². The van der Waals surface area contributed by atoms with Crippen LogP contribution in [0.5, 0.6) is 0 Å². The number of rotatable bonds is 5. The highest BCUT2D eigenvalue weighted by Crippen LogP contribution is 2.58. The number of hydrogen-bond acceptors (Lipinski definition) is 4. The second kappa shape index (κ2) is 5.42. The lowest BCUT2D eigenvalue weighted by molar-refractivity contribution is -0.156. The monoisotopic (exact) mass is 341 g/mol. The van der Waals surface area contributed by atoms with Crippen molar-refractivity contribution in [3.63, 3.8) is 0 Å². The van der Waals surface area contributed by atoms with Crippen LogP contribution in [-0.4, -0.2) is 39.0 Å². The van der Waals surface area contributed by atoms with Crippen LogP contribution in [0.2, 0.25) is 0 Å². The first-order valence-corrected chi connectivity index (χ1v) is 8.20. The molecule has 1 aromatic heterocycles. The summed E-state index contributed by atoms with van der Waals surface area (Å²) in [4.78, 5) is 23.8. The van der Waals surface area contributed by atoms with Crippen molar-refractivity contribution in [3.8, 4) is 0 Å². The molecule has 0 unspecified atom stereocenters. The van der Waals surface area contributed by atoms with E-state index in [4.69, 9.17) is 4.74 Å². The molecular weight excluding hydrogens is 322 g/mol. The van der Waals surface area contributed by atoms with E-state index in [9.17, 15) is 14.7 Å². The molecule has 3 fully saturated rings. The summed E-state index contributed by atoms with van der Waals surface area (Å²) in [6, 6.07) is 11.7. The van der Waals surface area contributed by atoms with E-state index < -0.39 is 17.0 Å². The topological polar surface area (TPSA) is 93.5 Å². The Balaban J connectivity index is 1.45. The molecule has 2 bridgehead atoms. The van der Waals surface area contributed by atoms with Gasteiger partial charge >= 0.3 is 5.97 Å². The van der Waals surface area contributed by atoms with Crippen LogP contribution in [0.3, 0.4) is 0 Å². The maximum atomic E-state index is 12.5. The molecule has 7 heteroatoms. The van der Waals surface area contributed by atoms with Gasteiger partial charge in [0.25, 0.3) is 5.91 Å². The zero-order valence-corrected chi connectivity index (χ0v) is 13.9. The SMILES string of the molecule is Cc1cc(NC(=O)C23CC(C(=O)O)(CO2)C3)nn1Cc1ccccc1. The number of benzene rings is 1. The van der Waals surface area contributed by atoms with Crippen molar-refractivity contribution in [2.24, 2.45) is 5.41 Å². The summed E-state index contributed by atoms with van der Waals surface area (Å²) in [7, 11) is 0. The number of aromatic nitrogens is 2. The number of fused-ring (bicyclic) bond motifs is 1. The molecule has 2 aliphatic heterocycles. The third-order valence-electron chi connectivity index (χ3n) is 5.14. The number of carbonyl (C=O) groups excluding carboxylic acids is 1. The number of carboxylic acid groups (broad SMARTS) is 1. The third-order valence-corrected chi connectivity index (χ3v) is 5.14. The fourth-order valence-electron chi connectivity index (χ4n) is 3.68. The van der Waals surface area contributed by atoms with Crippen molar-refractivity contribution >= 4 is 17.7 Å². The molecule has 3 heterocycles. The van der Waals surface area contributed by atoms with E-state index in [1.54, 1.807) is 6.07 Å². The van der Waals surface area contributed by atoms with Crippen LogP contribution in [0.1, 0.15) is 24.1 Å². The maximum Gasteiger partial charge on any atom is 0.312 e. The molecule has 1 aromatic carbocycles. The Morgan fingerprint density at radius 3 is 2.68 bits per heavy atom. The van der Waals surface area contributed by atoms with Gasteiger partial charge in [-0.25, -0.2) is 0 Å². The first-order chi connectivity index (χ1) is 11.9. The van der Waals surface area contributed by atoms with Gasteiger partial charge in [0, 0.05) is 24.6 Å². The van der Waals surface area contributed by atoms with E-state index in [1.165, 1.54) is 0 Å². The number of nitrogens with zero attached hydrogens (tertiary/aromatic N) is 2. The molecule has 5 rings (SSSR count). The highest BCUT2D eigenvalue weighted by Gasteiger charge is 2.70. The van der Waals surface area contributed by atoms with Gasteiger partial charge < -0.3 is 15.2 Å². The van der Waals surface area contributed by atoms with Crippen LogP contribution in [0, 0.1) is 12.3 Å². The van der Waals surface area contributed by atoms with E-state index in [2.05, 4.69) is 10.4 Å². The number of aryl methyl sites for hydroxylation is 1. The number of aliphatic carboxylic acids is 1. The lowest BCUT2D eigenvalue weighted by atomic mass is 9.62. The van der Waals surface area contributed by atoms with E-state index in [1.807, 2.05) is 41.9 Å². The standard InChI is InChI=1S/C18H19N3O4/c1-12-7-14(20-21(12)8-13-5-3-2-4-6-13)19-15(22)18-9-17(10-18,11-25-18)16(23)24/h2-7H,8-11H2,1H3,(H,23,24)(H,19,20,22). The molecule has 1 amide bonds. The van der Waals surface area contributed by atoms with Gasteiger partial charge in [0.15, 0.2) is 5.82 Å². The van der Waals surface area contributed by atoms with Gasteiger partial charge in [-0.05, 0) is 12.5 Å². The molecule has 0 radical (unpaired) electrons. The number of hydrogen-bond donors (Lipinski definition) is 2. The fourth-order valence-corrected chi connectivity index (χ4v) is 3.68. The molecular formula is C18H19N3O4. The normalized spacial score (nSPS) is 26.9. The van der Waals surface area contributed by atoms with Crippen LogP contribution in [0.25, 0.3) is 0 Å². The molecule has 1 aliphatic carbocycles. The number of nitrogens with one attached hydrogen (secondary N) is 1. The lowest BCUT2D eigenvalue weighted by Crippen LogP contribution is -2.55. The molecule has 3 aliphatic rings. The van der Waals surface area contributed by atoms with Crippen molar-refractivity contribution < 1.29 is 19.4 Å². The van der Waals surface area contributed by atoms with Crippen molar-refractivity contribution in [3.05, 3.63) is 47.7 Å². The van der Waals surface area contributed by atoms with Crippen molar-refractivity contribution in [1.29, 1.82) is 0 Å². The maximum absolute atomic E-state index is 12.5. The predicted octanol–water partition coefficient (Wildman–Crippen LogP) is 1.81. The van der Waals surface area contributed by atoms with E-state index in [0.717, 1.165) is 11.3 Å². The fraction of sp³-hybridized carbons (Fsp3) is 0.389. The summed E-state index contributed by atoms with van der Waals surface area (Å²) in [6.07, 6.45) is 0.454.